The fourth-order valence-electron chi connectivity index (χ4n) is 3.94. The van der Waals surface area contributed by atoms with E-state index in [4.69, 9.17) is 9.47 Å². The van der Waals surface area contributed by atoms with Gasteiger partial charge in [0.05, 0.1) is 19.8 Å². The molecule has 8 heteroatoms. The zero-order valence-corrected chi connectivity index (χ0v) is 21.4. The van der Waals surface area contributed by atoms with E-state index in [0.29, 0.717) is 12.1 Å². The van der Waals surface area contributed by atoms with Crippen molar-refractivity contribution in [3.63, 3.8) is 0 Å². The van der Waals surface area contributed by atoms with Crippen LogP contribution in [0.3, 0.4) is 0 Å². The highest BCUT2D eigenvalue weighted by molar-refractivity contribution is 14.0. The van der Waals surface area contributed by atoms with Gasteiger partial charge in [0.15, 0.2) is 5.96 Å². The van der Waals surface area contributed by atoms with Crippen LogP contribution in [-0.4, -0.2) is 51.8 Å². The second-order valence-corrected chi connectivity index (χ2v) is 7.70. The van der Waals surface area contributed by atoms with Gasteiger partial charge in [-0.3, -0.25) is 9.89 Å². The fourth-order valence-corrected chi connectivity index (χ4v) is 3.94. The van der Waals surface area contributed by atoms with Gasteiger partial charge >= 0.3 is 0 Å². The molecule has 2 N–H and O–H groups in total. The van der Waals surface area contributed by atoms with Crippen LogP contribution in [-0.2, 0) is 17.9 Å². The van der Waals surface area contributed by atoms with E-state index in [1.54, 1.807) is 27.3 Å². The van der Waals surface area contributed by atoms with Crippen LogP contribution in [0.25, 0.3) is 0 Å². The SMILES string of the molecule is CN=C(NCc1ccc(F)c(COC)c1)NCC(c1ccc(OC)cc1)N1CCCC1.I. The maximum Gasteiger partial charge on any atom is 0.191 e. The molecule has 6 nitrogen and oxygen atoms in total. The van der Waals surface area contributed by atoms with Gasteiger partial charge in [-0.05, 0) is 61.3 Å². The Bertz CT molecular complexity index is 858. The van der Waals surface area contributed by atoms with Crippen LogP contribution < -0.4 is 15.4 Å². The molecular weight excluding hydrogens is 522 g/mol. The third kappa shape index (κ3) is 7.31. The Labute approximate surface area is 207 Å². The minimum absolute atomic E-state index is 0. The average Bonchev–Trinajstić information content (AvgIpc) is 3.33. The lowest BCUT2D eigenvalue weighted by atomic mass is 10.1. The van der Waals surface area contributed by atoms with Gasteiger partial charge in [0.2, 0.25) is 0 Å². The maximum absolute atomic E-state index is 13.8. The Morgan fingerprint density at radius 3 is 2.44 bits per heavy atom. The smallest absolute Gasteiger partial charge is 0.191 e. The van der Waals surface area contributed by atoms with Crippen molar-refractivity contribution in [3.8, 4) is 5.75 Å². The minimum atomic E-state index is -0.249. The highest BCUT2D eigenvalue weighted by Crippen LogP contribution is 2.26. The number of guanidine groups is 1. The van der Waals surface area contributed by atoms with E-state index in [1.165, 1.54) is 24.5 Å². The number of nitrogens with zero attached hydrogens (tertiary/aromatic N) is 2. The van der Waals surface area contributed by atoms with Gasteiger partial charge in [0, 0.05) is 32.8 Å². The molecule has 1 heterocycles. The lowest BCUT2D eigenvalue weighted by molar-refractivity contribution is 0.181. The van der Waals surface area contributed by atoms with E-state index in [9.17, 15) is 4.39 Å². The van der Waals surface area contributed by atoms with Gasteiger partial charge < -0.3 is 20.1 Å². The van der Waals surface area contributed by atoms with Crippen molar-refractivity contribution in [3.05, 3.63) is 65.0 Å². The lowest BCUT2D eigenvalue weighted by Gasteiger charge is -2.29. The highest BCUT2D eigenvalue weighted by atomic mass is 127. The van der Waals surface area contributed by atoms with Crippen molar-refractivity contribution < 1.29 is 13.9 Å². The molecule has 0 saturated carbocycles. The molecule has 1 saturated heterocycles. The first-order chi connectivity index (χ1) is 15.1. The summed E-state index contributed by atoms with van der Waals surface area (Å²) in [5.74, 6) is 1.33. The molecule has 32 heavy (non-hydrogen) atoms. The van der Waals surface area contributed by atoms with Gasteiger partial charge in [-0.1, -0.05) is 18.2 Å². The van der Waals surface area contributed by atoms with E-state index < -0.39 is 0 Å². The fraction of sp³-hybridized carbons (Fsp3) is 0.458. The standard InChI is InChI=1S/C24H33FN4O2.HI/c1-26-24(27-15-18-6-11-22(25)20(14-18)17-30-2)28-16-23(29-12-4-5-13-29)19-7-9-21(31-3)10-8-19;/h6-11,14,23H,4-5,12-13,15-17H2,1-3H3,(H2,26,27,28);1H. The summed E-state index contributed by atoms with van der Waals surface area (Å²) >= 11 is 0. The van der Waals surface area contributed by atoms with E-state index in [-0.39, 0.29) is 42.4 Å². The van der Waals surface area contributed by atoms with Crippen LogP contribution in [0.15, 0.2) is 47.5 Å². The van der Waals surface area contributed by atoms with Crippen molar-refractivity contribution in [1.82, 2.24) is 15.5 Å². The van der Waals surface area contributed by atoms with E-state index in [0.717, 1.165) is 36.9 Å². The van der Waals surface area contributed by atoms with Crippen LogP contribution in [0, 0.1) is 5.82 Å². The number of benzene rings is 2. The summed E-state index contributed by atoms with van der Waals surface area (Å²) in [5.41, 5.74) is 2.79. The maximum atomic E-state index is 13.8. The van der Waals surface area contributed by atoms with Crippen LogP contribution in [0.5, 0.6) is 5.75 Å². The van der Waals surface area contributed by atoms with Crippen LogP contribution in [0.1, 0.15) is 35.6 Å². The summed E-state index contributed by atoms with van der Waals surface area (Å²) in [5, 5.41) is 6.79. The molecular formula is C24H34FIN4O2. The topological polar surface area (TPSA) is 58.1 Å². The predicted octanol–water partition coefficient (Wildman–Crippen LogP) is 4.10. The van der Waals surface area contributed by atoms with Crippen LogP contribution in [0.4, 0.5) is 4.39 Å². The van der Waals surface area contributed by atoms with E-state index in [1.807, 2.05) is 18.2 Å². The quantitative estimate of drug-likeness (QED) is 0.277. The predicted molar refractivity (Wildman–Crippen MR) is 137 cm³/mol. The molecule has 0 amide bonds. The normalized spacial score (nSPS) is 15.2. The molecule has 0 radical (unpaired) electrons. The minimum Gasteiger partial charge on any atom is -0.497 e. The third-order valence-electron chi connectivity index (χ3n) is 5.64. The summed E-state index contributed by atoms with van der Waals surface area (Å²) in [4.78, 5) is 6.87. The molecule has 176 valence electrons. The summed E-state index contributed by atoms with van der Waals surface area (Å²) in [6.45, 7) is 3.74. The average molecular weight is 556 g/mol. The molecule has 1 fully saturated rings. The van der Waals surface area contributed by atoms with Gasteiger partial charge in [-0.2, -0.15) is 0 Å². The summed E-state index contributed by atoms with van der Waals surface area (Å²) in [7, 11) is 5.01. The number of hydrogen-bond acceptors (Lipinski definition) is 4. The van der Waals surface area contributed by atoms with E-state index in [2.05, 4.69) is 32.7 Å². The Balaban J connectivity index is 0.00000363. The second kappa shape index (κ2) is 13.6. The summed E-state index contributed by atoms with van der Waals surface area (Å²) in [6, 6.07) is 13.6. The van der Waals surface area contributed by atoms with Gasteiger partial charge in [-0.25, -0.2) is 4.39 Å². The van der Waals surface area contributed by atoms with Crippen molar-refractivity contribution in [2.24, 2.45) is 4.99 Å². The van der Waals surface area contributed by atoms with Crippen molar-refractivity contribution in [1.29, 1.82) is 0 Å². The highest BCUT2D eigenvalue weighted by Gasteiger charge is 2.23. The Hall–Kier alpha value is -1.91. The largest absolute Gasteiger partial charge is 0.497 e. The molecule has 1 aliphatic rings. The lowest BCUT2D eigenvalue weighted by Crippen LogP contribution is -2.42. The molecule has 0 aromatic heterocycles. The number of halogens is 2. The number of likely N-dealkylation sites (tertiary alicyclic amines) is 1. The molecule has 1 atom stereocenters. The number of ether oxygens (including phenoxy) is 2. The first-order valence-corrected chi connectivity index (χ1v) is 10.7. The first kappa shape index (κ1) is 26.3. The Morgan fingerprint density at radius 1 is 1.09 bits per heavy atom. The zero-order valence-electron chi connectivity index (χ0n) is 19.1. The summed E-state index contributed by atoms with van der Waals surface area (Å²) < 4.78 is 24.2. The number of nitrogens with one attached hydrogen (secondary N) is 2. The second-order valence-electron chi connectivity index (χ2n) is 7.70. The van der Waals surface area contributed by atoms with Crippen LogP contribution >= 0.6 is 24.0 Å². The van der Waals surface area contributed by atoms with Crippen molar-refractivity contribution in [2.45, 2.75) is 32.0 Å². The van der Waals surface area contributed by atoms with Crippen molar-refractivity contribution in [2.75, 3.05) is 40.9 Å². The van der Waals surface area contributed by atoms with Gasteiger partial charge in [0.25, 0.3) is 0 Å². The summed E-state index contributed by atoms with van der Waals surface area (Å²) in [6.07, 6.45) is 2.46. The number of rotatable bonds is 9. The molecule has 2 aromatic rings. The number of hydrogen-bond donors (Lipinski definition) is 2. The van der Waals surface area contributed by atoms with Gasteiger partial charge in [-0.15, -0.1) is 24.0 Å². The monoisotopic (exact) mass is 556 g/mol. The zero-order chi connectivity index (χ0) is 22.1. The van der Waals surface area contributed by atoms with Crippen LogP contribution in [0.2, 0.25) is 0 Å². The third-order valence-corrected chi connectivity index (χ3v) is 5.64. The molecule has 1 unspecified atom stereocenters. The molecule has 0 bridgehead atoms. The molecule has 1 aliphatic heterocycles. The first-order valence-electron chi connectivity index (χ1n) is 10.7. The number of methoxy groups -OCH3 is 2. The van der Waals surface area contributed by atoms with E-state index >= 15 is 0 Å². The molecule has 3 rings (SSSR count). The molecule has 0 spiro atoms. The van der Waals surface area contributed by atoms with Gasteiger partial charge in [0.1, 0.15) is 11.6 Å². The molecule has 0 aliphatic carbocycles. The number of aliphatic imine (C=N–C) groups is 1. The molecule has 2 aromatic carbocycles. The van der Waals surface area contributed by atoms with Crippen molar-refractivity contribution >= 4 is 29.9 Å². The Morgan fingerprint density at radius 2 is 1.81 bits per heavy atom. The Kier molecular flexibility index (Phi) is 11.2.